The smallest absolute Gasteiger partial charge is 0.284 e. The Kier molecular flexibility index (Phi) is 6.71. The monoisotopic (exact) mass is 547 g/mol. The van der Waals surface area contributed by atoms with Crippen LogP contribution < -0.4 is 15.6 Å². The summed E-state index contributed by atoms with van der Waals surface area (Å²) in [6.07, 6.45) is 2.79. The summed E-state index contributed by atoms with van der Waals surface area (Å²) in [5.74, 6) is -0.148. The number of rotatable bonds is 8. The minimum atomic E-state index is -3.56. The topological polar surface area (TPSA) is 125 Å². The first-order valence-electron chi connectivity index (χ1n) is 11.6. The lowest BCUT2D eigenvalue weighted by atomic mass is 10.0. The molecule has 1 N–H and O–H groups in total. The largest absolute Gasteiger partial charge is 0.497 e. The number of amides is 1. The quantitative estimate of drug-likeness (QED) is 0.296. The van der Waals surface area contributed by atoms with Crippen molar-refractivity contribution in [1.29, 1.82) is 0 Å². The van der Waals surface area contributed by atoms with E-state index in [0.29, 0.717) is 34.7 Å². The lowest BCUT2D eigenvalue weighted by Crippen LogP contribution is -2.22. The number of halogens is 1. The van der Waals surface area contributed by atoms with Crippen LogP contribution in [0.1, 0.15) is 5.69 Å². The summed E-state index contributed by atoms with van der Waals surface area (Å²) in [4.78, 5) is 29.1. The van der Waals surface area contributed by atoms with E-state index < -0.39 is 21.2 Å². The summed E-state index contributed by atoms with van der Waals surface area (Å²) in [7, 11) is -2.03. The molecule has 0 saturated carbocycles. The molecule has 2 heterocycles. The Morgan fingerprint density at radius 1 is 1.08 bits per heavy atom. The Hall–Kier alpha value is -4.84. The van der Waals surface area contributed by atoms with Crippen LogP contribution in [0.25, 0.3) is 33.5 Å². The van der Waals surface area contributed by atoms with E-state index >= 15 is 4.39 Å². The molecule has 2 aromatic heterocycles. The average molecular weight is 548 g/mol. The Bertz CT molecular complexity index is 1880. The highest BCUT2D eigenvalue weighted by Gasteiger charge is 2.21. The van der Waals surface area contributed by atoms with Crippen LogP contribution in [0.5, 0.6) is 5.75 Å². The third-order valence-electron chi connectivity index (χ3n) is 6.13. The maximum atomic E-state index is 15.5. The van der Waals surface area contributed by atoms with Crippen LogP contribution >= 0.6 is 0 Å². The summed E-state index contributed by atoms with van der Waals surface area (Å²) in [5, 5.41) is 7.01. The molecule has 0 bridgehead atoms. The first-order valence-corrected chi connectivity index (χ1v) is 13.5. The van der Waals surface area contributed by atoms with Gasteiger partial charge in [0.25, 0.3) is 5.56 Å². The molecule has 39 heavy (non-hydrogen) atoms. The second kappa shape index (κ2) is 10.1. The average Bonchev–Trinajstić information content (AvgIpc) is 3.31. The molecule has 10 nitrogen and oxygen atoms in total. The molecular weight excluding hydrogens is 525 g/mol. The number of benzene rings is 3. The van der Waals surface area contributed by atoms with Gasteiger partial charge in [0, 0.05) is 11.8 Å². The molecule has 198 valence electrons. The molecule has 5 aromatic rings. The van der Waals surface area contributed by atoms with Gasteiger partial charge in [-0.25, -0.2) is 22.5 Å². The van der Waals surface area contributed by atoms with Gasteiger partial charge in [-0.1, -0.05) is 24.3 Å². The number of carbonyl (C=O) groups excluding carboxylic acids is 1. The Morgan fingerprint density at radius 3 is 2.49 bits per heavy atom. The maximum absolute atomic E-state index is 15.5. The third-order valence-corrected chi connectivity index (χ3v) is 7.28. The highest BCUT2D eigenvalue weighted by molar-refractivity contribution is 7.90. The van der Waals surface area contributed by atoms with E-state index in [-0.39, 0.29) is 28.2 Å². The van der Waals surface area contributed by atoms with Gasteiger partial charge in [-0.05, 0) is 48.0 Å². The predicted molar refractivity (Wildman–Crippen MR) is 142 cm³/mol. The molecule has 0 unspecified atom stereocenters. The van der Waals surface area contributed by atoms with Gasteiger partial charge in [0.15, 0.2) is 15.4 Å². The van der Waals surface area contributed by atoms with E-state index in [1.165, 1.54) is 36.3 Å². The number of methoxy groups -OCH3 is 1. The molecule has 12 heteroatoms. The van der Waals surface area contributed by atoms with E-state index in [1.54, 1.807) is 48.5 Å². The van der Waals surface area contributed by atoms with E-state index in [1.807, 2.05) is 0 Å². The number of nitrogens with zero attached hydrogens (tertiary/aromatic N) is 4. The summed E-state index contributed by atoms with van der Waals surface area (Å²) in [5.41, 5.74) is 1.22. The number of ether oxygens (including phenoxy) is 1. The van der Waals surface area contributed by atoms with Gasteiger partial charge < -0.3 is 10.1 Å². The fourth-order valence-electron chi connectivity index (χ4n) is 4.30. The van der Waals surface area contributed by atoms with Crippen LogP contribution in [0.15, 0.2) is 82.7 Å². The summed E-state index contributed by atoms with van der Waals surface area (Å²) >= 11 is 0. The van der Waals surface area contributed by atoms with Crippen molar-refractivity contribution in [2.75, 3.05) is 13.4 Å². The molecule has 3 aromatic carbocycles. The fraction of sp³-hybridized carbons (Fsp3) is 0.111. The van der Waals surface area contributed by atoms with Gasteiger partial charge in [-0.2, -0.15) is 5.10 Å². The number of carbonyl (C=O) groups is 1. The highest BCUT2D eigenvalue weighted by Crippen LogP contribution is 2.29. The zero-order valence-corrected chi connectivity index (χ0v) is 21.6. The molecule has 5 rings (SSSR count). The minimum absolute atomic E-state index is 0.0302. The van der Waals surface area contributed by atoms with Crippen molar-refractivity contribution in [1.82, 2.24) is 24.6 Å². The molecule has 0 atom stereocenters. The van der Waals surface area contributed by atoms with Crippen molar-refractivity contribution in [3.63, 3.8) is 0 Å². The normalized spacial score (nSPS) is 11.5. The molecule has 0 aliphatic heterocycles. The molecular formula is C27H22FN5O5S. The molecule has 0 aliphatic carbocycles. The number of sulfone groups is 1. The van der Waals surface area contributed by atoms with Crippen molar-refractivity contribution in [3.8, 4) is 28.3 Å². The summed E-state index contributed by atoms with van der Waals surface area (Å²) in [6.45, 7) is 0.0302. The first-order chi connectivity index (χ1) is 18.7. The van der Waals surface area contributed by atoms with Gasteiger partial charge in [0.2, 0.25) is 6.41 Å². The molecule has 0 aliphatic rings. The number of fused-ring (bicyclic) bond motifs is 1. The zero-order chi connectivity index (χ0) is 27.7. The van der Waals surface area contributed by atoms with Crippen LogP contribution in [-0.2, 0) is 21.2 Å². The van der Waals surface area contributed by atoms with Crippen molar-refractivity contribution >= 4 is 27.3 Å². The molecule has 0 fully saturated rings. The van der Waals surface area contributed by atoms with Crippen LogP contribution in [0.4, 0.5) is 4.39 Å². The standard InChI is InChI=1S/C27H22FN5O5S/c1-38-19-10-8-18(9-11-19)33-26-25(22(31-33)14-29-16-34)30-15-32(27(26)35)23-12-7-17(13-21(23)28)20-5-3-4-6-24(20)39(2,36)37/h3-13,15-16H,14H2,1-2H3,(H,29,34). The van der Waals surface area contributed by atoms with Crippen LogP contribution in [-0.4, -0.2) is 47.5 Å². The van der Waals surface area contributed by atoms with E-state index in [9.17, 15) is 18.0 Å². The number of hydrogen-bond acceptors (Lipinski definition) is 7. The molecule has 0 spiro atoms. The number of aromatic nitrogens is 4. The van der Waals surface area contributed by atoms with Crippen LogP contribution in [0.2, 0.25) is 0 Å². The number of hydrogen-bond donors (Lipinski definition) is 1. The van der Waals surface area contributed by atoms with Gasteiger partial charge in [-0.3, -0.25) is 14.2 Å². The second-order valence-electron chi connectivity index (χ2n) is 8.61. The van der Waals surface area contributed by atoms with Crippen molar-refractivity contribution in [2.24, 2.45) is 0 Å². The summed E-state index contributed by atoms with van der Waals surface area (Å²) < 4.78 is 47.6. The summed E-state index contributed by atoms with van der Waals surface area (Å²) in [6, 6.07) is 17.2. The Labute approximate surface area is 222 Å². The highest BCUT2D eigenvalue weighted by atomic mass is 32.2. The maximum Gasteiger partial charge on any atom is 0.284 e. The number of nitrogens with one attached hydrogen (secondary N) is 1. The van der Waals surface area contributed by atoms with Crippen molar-refractivity contribution in [3.05, 3.63) is 94.9 Å². The molecule has 0 radical (unpaired) electrons. The van der Waals surface area contributed by atoms with Gasteiger partial charge >= 0.3 is 0 Å². The SMILES string of the molecule is COc1ccc(-n2nc(CNC=O)c3ncn(-c4ccc(-c5ccccc5S(C)(=O)=O)cc4F)c(=O)c32)cc1. The minimum Gasteiger partial charge on any atom is -0.497 e. The van der Waals surface area contributed by atoms with Crippen molar-refractivity contribution in [2.45, 2.75) is 11.4 Å². The molecule has 1 amide bonds. The Balaban J connectivity index is 1.67. The van der Waals surface area contributed by atoms with Gasteiger partial charge in [-0.15, -0.1) is 0 Å². The van der Waals surface area contributed by atoms with Gasteiger partial charge in [0.05, 0.1) is 29.9 Å². The van der Waals surface area contributed by atoms with E-state index in [4.69, 9.17) is 4.74 Å². The first kappa shape index (κ1) is 25.8. The zero-order valence-electron chi connectivity index (χ0n) is 20.8. The lowest BCUT2D eigenvalue weighted by Gasteiger charge is -2.12. The van der Waals surface area contributed by atoms with Crippen LogP contribution in [0, 0.1) is 5.82 Å². The van der Waals surface area contributed by atoms with Crippen molar-refractivity contribution < 1.29 is 22.3 Å². The Morgan fingerprint density at radius 2 is 1.82 bits per heavy atom. The van der Waals surface area contributed by atoms with Crippen LogP contribution in [0.3, 0.4) is 0 Å². The second-order valence-corrected chi connectivity index (χ2v) is 10.6. The fourth-order valence-corrected chi connectivity index (χ4v) is 5.21. The lowest BCUT2D eigenvalue weighted by molar-refractivity contribution is -0.109. The van der Waals surface area contributed by atoms with E-state index in [0.717, 1.165) is 10.8 Å². The third kappa shape index (κ3) is 4.77. The predicted octanol–water partition coefficient (Wildman–Crippen LogP) is 3.04. The van der Waals surface area contributed by atoms with Gasteiger partial charge in [0.1, 0.15) is 29.1 Å². The van der Waals surface area contributed by atoms with E-state index in [2.05, 4.69) is 15.4 Å². The molecule has 0 saturated heterocycles.